The molecule has 2 rings (SSSR count). The highest BCUT2D eigenvalue weighted by molar-refractivity contribution is 8.01. The normalized spacial score (nSPS) is 17.1. The molecule has 1 saturated carbocycles. The van der Waals surface area contributed by atoms with Gasteiger partial charge in [-0.3, -0.25) is 4.79 Å². The van der Waals surface area contributed by atoms with E-state index in [0.717, 1.165) is 23.6 Å². The monoisotopic (exact) mass is 257 g/mol. The van der Waals surface area contributed by atoms with Crippen molar-refractivity contribution in [2.45, 2.75) is 42.7 Å². The molecule has 88 valence electrons. The Morgan fingerprint density at radius 3 is 3.00 bits per heavy atom. The molecule has 0 saturated heterocycles. The Morgan fingerprint density at radius 2 is 2.38 bits per heavy atom. The zero-order valence-electron chi connectivity index (χ0n) is 9.40. The van der Waals surface area contributed by atoms with Gasteiger partial charge in [0.15, 0.2) is 4.34 Å². The number of thioether (sulfide) groups is 1. The maximum Gasteiger partial charge on any atom is 0.229 e. The van der Waals surface area contributed by atoms with Crippen molar-refractivity contribution < 1.29 is 4.79 Å². The first-order valence-electron chi connectivity index (χ1n) is 5.50. The van der Waals surface area contributed by atoms with Crippen molar-refractivity contribution in [3.8, 4) is 0 Å². The number of carbonyl (C=O) groups is 1. The summed E-state index contributed by atoms with van der Waals surface area (Å²) in [6.45, 7) is 4.31. The number of hydrogen-bond acceptors (Lipinski definition) is 5. The van der Waals surface area contributed by atoms with E-state index in [9.17, 15) is 4.79 Å². The summed E-state index contributed by atoms with van der Waals surface area (Å²) in [6, 6.07) is 0. The highest BCUT2D eigenvalue weighted by Gasteiger charge is 2.30. The van der Waals surface area contributed by atoms with E-state index < -0.39 is 0 Å². The number of nitrogens with zero attached hydrogens (tertiary/aromatic N) is 2. The second-order valence-electron chi connectivity index (χ2n) is 3.97. The van der Waals surface area contributed by atoms with Gasteiger partial charge < -0.3 is 5.32 Å². The quantitative estimate of drug-likeness (QED) is 0.651. The molecule has 0 spiro atoms. The summed E-state index contributed by atoms with van der Waals surface area (Å²) in [5.41, 5.74) is 0. The third-order valence-corrected chi connectivity index (χ3v) is 4.65. The van der Waals surface area contributed by atoms with Crippen LogP contribution >= 0.6 is 23.1 Å². The Balaban J connectivity index is 1.88. The Bertz CT molecular complexity index is 376. The molecular formula is C10H15N3OS2. The molecule has 6 heteroatoms. The van der Waals surface area contributed by atoms with Gasteiger partial charge in [-0.1, -0.05) is 36.9 Å². The maximum atomic E-state index is 11.5. The van der Waals surface area contributed by atoms with Crippen molar-refractivity contribution in [3.05, 3.63) is 0 Å². The van der Waals surface area contributed by atoms with Gasteiger partial charge in [0.25, 0.3) is 0 Å². The first-order chi connectivity index (χ1) is 7.69. The molecule has 1 atom stereocenters. The minimum absolute atomic E-state index is 0.0937. The van der Waals surface area contributed by atoms with Crippen molar-refractivity contribution >= 4 is 34.1 Å². The molecule has 0 bridgehead atoms. The zero-order valence-corrected chi connectivity index (χ0v) is 11.0. The van der Waals surface area contributed by atoms with E-state index in [-0.39, 0.29) is 11.8 Å². The number of amides is 1. The van der Waals surface area contributed by atoms with Crippen LogP contribution in [0.15, 0.2) is 4.34 Å². The lowest BCUT2D eigenvalue weighted by Gasteiger charge is -2.02. The highest BCUT2D eigenvalue weighted by atomic mass is 32.2. The zero-order chi connectivity index (χ0) is 11.5. The smallest absolute Gasteiger partial charge is 0.229 e. The first kappa shape index (κ1) is 11.9. The van der Waals surface area contributed by atoms with Gasteiger partial charge in [0.2, 0.25) is 11.0 Å². The topological polar surface area (TPSA) is 54.9 Å². The van der Waals surface area contributed by atoms with Crippen molar-refractivity contribution in [1.82, 2.24) is 10.2 Å². The van der Waals surface area contributed by atoms with E-state index in [1.807, 2.05) is 0 Å². The van der Waals surface area contributed by atoms with Crippen LogP contribution in [-0.4, -0.2) is 21.4 Å². The molecule has 0 aliphatic heterocycles. The fraction of sp³-hybridized carbons (Fsp3) is 0.700. The first-order valence-corrected chi connectivity index (χ1v) is 7.19. The summed E-state index contributed by atoms with van der Waals surface area (Å²) in [5, 5.41) is 12.0. The average molecular weight is 257 g/mol. The molecule has 1 N–H and O–H groups in total. The SMILES string of the molecule is CCC(C)Sc1nnc(NC(=O)C2CC2)s1. The van der Waals surface area contributed by atoms with Gasteiger partial charge in [0, 0.05) is 11.2 Å². The van der Waals surface area contributed by atoms with E-state index >= 15 is 0 Å². The second-order valence-corrected chi connectivity index (χ2v) is 6.64. The number of anilines is 1. The predicted molar refractivity (Wildman–Crippen MR) is 66.9 cm³/mol. The Hall–Kier alpha value is -0.620. The van der Waals surface area contributed by atoms with Crippen LogP contribution in [0.25, 0.3) is 0 Å². The third kappa shape index (κ3) is 3.18. The van der Waals surface area contributed by atoms with Crippen LogP contribution in [-0.2, 0) is 4.79 Å². The molecule has 1 unspecified atom stereocenters. The van der Waals surface area contributed by atoms with Crippen molar-refractivity contribution in [1.29, 1.82) is 0 Å². The fourth-order valence-electron chi connectivity index (χ4n) is 1.12. The van der Waals surface area contributed by atoms with Gasteiger partial charge in [-0.25, -0.2) is 0 Å². The molecule has 1 aliphatic rings. The van der Waals surface area contributed by atoms with Crippen LogP contribution in [0.1, 0.15) is 33.1 Å². The van der Waals surface area contributed by atoms with E-state index in [1.54, 1.807) is 11.8 Å². The summed E-state index contributed by atoms with van der Waals surface area (Å²) in [4.78, 5) is 11.5. The van der Waals surface area contributed by atoms with E-state index in [0.29, 0.717) is 10.4 Å². The van der Waals surface area contributed by atoms with Crippen LogP contribution in [0, 0.1) is 5.92 Å². The molecule has 0 aromatic carbocycles. The number of aromatic nitrogens is 2. The maximum absolute atomic E-state index is 11.5. The van der Waals surface area contributed by atoms with Gasteiger partial charge in [-0.05, 0) is 19.3 Å². The summed E-state index contributed by atoms with van der Waals surface area (Å²) in [6.07, 6.45) is 3.13. The molecule has 1 heterocycles. The molecule has 1 aliphatic carbocycles. The number of hydrogen-bond donors (Lipinski definition) is 1. The van der Waals surface area contributed by atoms with Gasteiger partial charge >= 0.3 is 0 Å². The molecule has 0 radical (unpaired) electrons. The molecule has 1 aromatic heterocycles. The standard InChI is InChI=1S/C10H15N3OS2/c1-3-6(2)15-10-13-12-9(16-10)11-8(14)7-4-5-7/h6-7H,3-5H2,1-2H3,(H,11,12,14). The molecular weight excluding hydrogens is 242 g/mol. The lowest BCUT2D eigenvalue weighted by atomic mass is 10.4. The van der Waals surface area contributed by atoms with Crippen molar-refractivity contribution in [3.63, 3.8) is 0 Å². The van der Waals surface area contributed by atoms with Crippen LogP contribution in [0.4, 0.5) is 5.13 Å². The molecule has 1 amide bonds. The van der Waals surface area contributed by atoms with Gasteiger partial charge in [-0.2, -0.15) is 0 Å². The van der Waals surface area contributed by atoms with E-state index in [2.05, 4.69) is 29.4 Å². The minimum Gasteiger partial charge on any atom is -0.300 e. The van der Waals surface area contributed by atoms with Gasteiger partial charge in [-0.15, -0.1) is 10.2 Å². The number of carbonyl (C=O) groups excluding carboxylic acids is 1. The number of rotatable bonds is 5. The summed E-state index contributed by atoms with van der Waals surface area (Å²) in [7, 11) is 0. The molecule has 1 aromatic rings. The number of nitrogens with one attached hydrogen (secondary N) is 1. The summed E-state index contributed by atoms with van der Waals surface area (Å²) < 4.78 is 0.931. The largest absolute Gasteiger partial charge is 0.300 e. The minimum atomic E-state index is 0.0937. The Morgan fingerprint density at radius 1 is 1.62 bits per heavy atom. The third-order valence-electron chi connectivity index (χ3n) is 2.46. The van der Waals surface area contributed by atoms with Crippen molar-refractivity contribution in [2.75, 3.05) is 5.32 Å². The highest BCUT2D eigenvalue weighted by Crippen LogP contribution is 2.33. The summed E-state index contributed by atoms with van der Waals surface area (Å²) >= 11 is 3.17. The molecule has 1 fully saturated rings. The molecule has 4 nitrogen and oxygen atoms in total. The van der Waals surface area contributed by atoms with Gasteiger partial charge in [0.1, 0.15) is 0 Å². The Labute approximate surface area is 103 Å². The fourth-order valence-corrected chi connectivity index (χ4v) is 3.12. The van der Waals surface area contributed by atoms with Gasteiger partial charge in [0.05, 0.1) is 0 Å². The molecule has 16 heavy (non-hydrogen) atoms. The Kier molecular flexibility index (Phi) is 3.81. The summed E-state index contributed by atoms with van der Waals surface area (Å²) in [5.74, 6) is 0.311. The van der Waals surface area contributed by atoms with E-state index in [1.165, 1.54) is 11.3 Å². The second kappa shape index (κ2) is 5.14. The van der Waals surface area contributed by atoms with Crippen LogP contribution in [0.3, 0.4) is 0 Å². The lowest BCUT2D eigenvalue weighted by Crippen LogP contribution is -2.12. The van der Waals surface area contributed by atoms with Crippen LogP contribution in [0.2, 0.25) is 0 Å². The van der Waals surface area contributed by atoms with Crippen LogP contribution < -0.4 is 5.32 Å². The average Bonchev–Trinajstić information content (AvgIpc) is 3.03. The van der Waals surface area contributed by atoms with E-state index in [4.69, 9.17) is 0 Å². The predicted octanol–water partition coefficient (Wildman–Crippen LogP) is 2.78. The van der Waals surface area contributed by atoms with Crippen LogP contribution in [0.5, 0.6) is 0 Å². The van der Waals surface area contributed by atoms with Crippen molar-refractivity contribution in [2.24, 2.45) is 5.92 Å². The lowest BCUT2D eigenvalue weighted by molar-refractivity contribution is -0.117.